The average molecular weight is 397 g/mol. The number of ether oxygens (including phenoxy) is 1. The van der Waals surface area contributed by atoms with Crippen molar-refractivity contribution in [2.75, 3.05) is 23.8 Å². The van der Waals surface area contributed by atoms with Gasteiger partial charge in [0, 0.05) is 17.9 Å². The Labute approximate surface area is 170 Å². The summed E-state index contributed by atoms with van der Waals surface area (Å²) in [5.41, 5.74) is 3.55. The Morgan fingerprint density at radius 1 is 1.00 bits per heavy atom. The molecule has 0 aromatic heterocycles. The van der Waals surface area contributed by atoms with Crippen molar-refractivity contribution < 1.29 is 19.1 Å². The highest BCUT2D eigenvalue weighted by molar-refractivity contribution is 6.03. The molecule has 0 unspecified atom stereocenters. The molecular formula is C22H27N3O4. The normalized spacial score (nSPS) is 10.2. The molecule has 3 N–H and O–H groups in total. The van der Waals surface area contributed by atoms with Crippen molar-refractivity contribution in [2.24, 2.45) is 0 Å². The third-order valence-electron chi connectivity index (χ3n) is 4.21. The summed E-state index contributed by atoms with van der Waals surface area (Å²) in [5, 5.41) is 7.94. The molecule has 0 atom stereocenters. The number of amides is 3. The van der Waals surface area contributed by atoms with Crippen LogP contribution in [0.4, 0.5) is 16.2 Å². The molecule has 0 fully saturated rings. The Hall–Kier alpha value is -3.35. The maximum absolute atomic E-state index is 12.3. The third-order valence-corrected chi connectivity index (χ3v) is 4.21. The first-order chi connectivity index (χ1) is 13.9. The molecule has 0 radical (unpaired) electrons. The number of urea groups is 1. The van der Waals surface area contributed by atoms with Crippen molar-refractivity contribution in [3.05, 3.63) is 59.2 Å². The largest absolute Gasteiger partial charge is 0.452 e. The number of benzene rings is 2. The molecule has 0 aliphatic carbocycles. The molecule has 3 amide bonds. The van der Waals surface area contributed by atoms with E-state index in [9.17, 15) is 14.4 Å². The smallest absolute Gasteiger partial charge is 0.340 e. The van der Waals surface area contributed by atoms with Crippen LogP contribution in [0.2, 0.25) is 0 Å². The number of aryl methyl sites for hydroxylation is 2. The molecular weight excluding hydrogens is 370 g/mol. The van der Waals surface area contributed by atoms with Crippen molar-refractivity contribution in [1.82, 2.24) is 5.32 Å². The number of hydrogen-bond acceptors (Lipinski definition) is 5. The van der Waals surface area contributed by atoms with Gasteiger partial charge in [0.05, 0.1) is 5.56 Å². The van der Waals surface area contributed by atoms with E-state index in [1.54, 1.807) is 24.3 Å². The molecule has 7 heteroatoms. The van der Waals surface area contributed by atoms with E-state index in [4.69, 9.17) is 4.74 Å². The van der Waals surface area contributed by atoms with Crippen molar-refractivity contribution in [3.63, 3.8) is 0 Å². The van der Waals surface area contributed by atoms with E-state index in [-0.39, 0.29) is 0 Å². The molecule has 0 heterocycles. The van der Waals surface area contributed by atoms with Gasteiger partial charge in [-0.05, 0) is 44.0 Å². The van der Waals surface area contributed by atoms with Crippen LogP contribution in [-0.2, 0) is 9.53 Å². The number of hydrogen-bond donors (Lipinski definition) is 3. The lowest BCUT2D eigenvalue weighted by Gasteiger charge is -2.12. The zero-order valence-electron chi connectivity index (χ0n) is 17.0. The van der Waals surface area contributed by atoms with Gasteiger partial charge in [0.1, 0.15) is 0 Å². The van der Waals surface area contributed by atoms with E-state index in [0.29, 0.717) is 16.9 Å². The van der Waals surface area contributed by atoms with Crippen molar-refractivity contribution >= 4 is 29.3 Å². The Bertz CT molecular complexity index is 880. The highest BCUT2D eigenvalue weighted by atomic mass is 16.5. The maximum atomic E-state index is 12.3. The van der Waals surface area contributed by atoms with Gasteiger partial charge >= 0.3 is 12.0 Å². The van der Waals surface area contributed by atoms with Gasteiger partial charge in [-0.2, -0.15) is 0 Å². The highest BCUT2D eigenvalue weighted by Crippen LogP contribution is 2.17. The van der Waals surface area contributed by atoms with E-state index in [1.165, 1.54) is 0 Å². The lowest BCUT2D eigenvalue weighted by atomic mass is 10.1. The molecule has 7 nitrogen and oxygen atoms in total. The second-order valence-corrected chi connectivity index (χ2v) is 6.72. The molecule has 2 aromatic carbocycles. The Balaban J connectivity index is 1.85. The number of carbonyl (C=O) groups is 3. The number of carbonyl (C=O) groups excluding carboxylic acids is 3. The molecule has 2 rings (SSSR count). The maximum Gasteiger partial charge on any atom is 0.340 e. The van der Waals surface area contributed by atoms with E-state index in [0.717, 1.165) is 30.5 Å². The zero-order chi connectivity index (χ0) is 21.2. The molecule has 0 spiro atoms. The van der Waals surface area contributed by atoms with E-state index < -0.39 is 24.5 Å². The van der Waals surface area contributed by atoms with Crippen LogP contribution in [0.3, 0.4) is 0 Å². The monoisotopic (exact) mass is 397 g/mol. The predicted molar refractivity (Wildman–Crippen MR) is 113 cm³/mol. The minimum Gasteiger partial charge on any atom is -0.452 e. The van der Waals surface area contributed by atoms with Gasteiger partial charge in [0.2, 0.25) is 0 Å². The molecule has 0 saturated carbocycles. The SMILES string of the molecule is CCCCNc1ccccc1C(=O)OCC(=O)NC(=O)Nc1ccc(C)cc1C. The van der Waals surface area contributed by atoms with Gasteiger partial charge in [0.15, 0.2) is 6.61 Å². The number of nitrogens with one attached hydrogen (secondary N) is 3. The van der Waals surface area contributed by atoms with E-state index >= 15 is 0 Å². The summed E-state index contributed by atoms with van der Waals surface area (Å²) >= 11 is 0. The second kappa shape index (κ2) is 10.8. The summed E-state index contributed by atoms with van der Waals surface area (Å²) in [6.45, 7) is 6.07. The first-order valence-electron chi connectivity index (χ1n) is 9.58. The summed E-state index contributed by atoms with van der Waals surface area (Å²) < 4.78 is 5.06. The fourth-order valence-corrected chi connectivity index (χ4v) is 2.69. The van der Waals surface area contributed by atoms with Crippen LogP contribution in [0.1, 0.15) is 41.3 Å². The Morgan fingerprint density at radius 2 is 1.76 bits per heavy atom. The van der Waals surface area contributed by atoms with Crippen LogP contribution >= 0.6 is 0 Å². The van der Waals surface area contributed by atoms with E-state index in [1.807, 2.05) is 32.0 Å². The van der Waals surface area contributed by atoms with Crippen LogP contribution in [0.5, 0.6) is 0 Å². The lowest BCUT2D eigenvalue weighted by Crippen LogP contribution is -2.37. The zero-order valence-corrected chi connectivity index (χ0v) is 17.0. The fraction of sp³-hybridized carbons (Fsp3) is 0.318. The summed E-state index contributed by atoms with van der Waals surface area (Å²) in [5.74, 6) is -1.34. The number of imide groups is 1. The lowest BCUT2D eigenvalue weighted by molar-refractivity contribution is -0.123. The van der Waals surface area contributed by atoms with Gasteiger partial charge in [-0.15, -0.1) is 0 Å². The number of rotatable bonds is 8. The number of unbranched alkanes of at least 4 members (excludes halogenated alkanes) is 1. The van der Waals surface area contributed by atoms with Gasteiger partial charge in [0.25, 0.3) is 5.91 Å². The minimum absolute atomic E-state index is 0.344. The summed E-state index contributed by atoms with van der Waals surface area (Å²) in [4.78, 5) is 36.2. The Morgan fingerprint density at radius 3 is 2.48 bits per heavy atom. The van der Waals surface area contributed by atoms with Crippen LogP contribution in [0, 0.1) is 13.8 Å². The van der Waals surface area contributed by atoms with Crippen LogP contribution < -0.4 is 16.0 Å². The van der Waals surface area contributed by atoms with Crippen LogP contribution in [0.15, 0.2) is 42.5 Å². The molecule has 29 heavy (non-hydrogen) atoms. The molecule has 0 aliphatic rings. The quantitative estimate of drug-likeness (QED) is 0.462. The summed E-state index contributed by atoms with van der Waals surface area (Å²) in [7, 11) is 0. The van der Waals surface area contributed by atoms with Gasteiger partial charge in [-0.3, -0.25) is 10.1 Å². The highest BCUT2D eigenvalue weighted by Gasteiger charge is 2.15. The minimum atomic E-state index is -0.711. The molecule has 0 saturated heterocycles. The van der Waals surface area contributed by atoms with Crippen molar-refractivity contribution in [2.45, 2.75) is 33.6 Å². The molecule has 2 aromatic rings. The first-order valence-corrected chi connectivity index (χ1v) is 9.58. The van der Waals surface area contributed by atoms with Gasteiger partial charge in [-0.1, -0.05) is 43.2 Å². The van der Waals surface area contributed by atoms with E-state index in [2.05, 4.69) is 22.9 Å². The number of para-hydroxylation sites is 1. The third kappa shape index (κ3) is 6.95. The topological polar surface area (TPSA) is 96.5 Å². The summed E-state index contributed by atoms with van der Waals surface area (Å²) in [6.07, 6.45) is 2.01. The summed E-state index contributed by atoms with van der Waals surface area (Å²) in [6, 6.07) is 11.8. The van der Waals surface area contributed by atoms with Crippen LogP contribution in [-0.4, -0.2) is 31.1 Å². The van der Waals surface area contributed by atoms with Crippen molar-refractivity contribution in [1.29, 1.82) is 0 Å². The standard InChI is InChI=1S/C22H27N3O4/c1-4-5-12-23-19-9-7-6-8-17(19)21(27)29-14-20(26)25-22(28)24-18-11-10-15(2)13-16(18)3/h6-11,13,23H,4-5,12,14H2,1-3H3,(H2,24,25,26,28). The van der Waals surface area contributed by atoms with Crippen LogP contribution in [0.25, 0.3) is 0 Å². The van der Waals surface area contributed by atoms with Gasteiger partial charge < -0.3 is 15.4 Å². The average Bonchev–Trinajstić information content (AvgIpc) is 2.69. The first kappa shape index (κ1) is 21.9. The van der Waals surface area contributed by atoms with Crippen molar-refractivity contribution in [3.8, 4) is 0 Å². The molecule has 154 valence electrons. The molecule has 0 aliphatic heterocycles. The number of anilines is 2. The predicted octanol–water partition coefficient (Wildman–Crippen LogP) is 4.02. The van der Waals surface area contributed by atoms with Gasteiger partial charge in [-0.25, -0.2) is 9.59 Å². The fourth-order valence-electron chi connectivity index (χ4n) is 2.69. The number of esters is 1. The second-order valence-electron chi connectivity index (χ2n) is 6.72. The Kier molecular flexibility index (Phi) is 8.21. The molecule has 0 bridgehead atoms.